The lowest BCUT2D eigenvalue weighted by molar-refractivity contribution is 0.102. The highest BCUT2D eigenvalue weighted by Crippen LogP contribution is 2.10. The van der Waals surface area contributed by atoms with Gasteiger partial charge in [-0.05, 0) is 43.3 Å². The van der Waals surface area contributed by atoms with E-state index in [-0.39, 0.29) is 11.7 Å². The zero-order valence-electron chi connectivity index (χ0n) is 10.7. The maximum absolute atomic E-state index is 12.8. The van der Waals surface area contributed by atoms with Gasteiger partial charge in [0, 0.05) is 5.56 Å². The molecule has 1 aromatic carbocycles. The molecule has 100 valence electrons. The maximum atomic E-state index is 12.8. The number of nitrogens with one attached hydrogen (secondary N) is 1. The number of amides is 1. The molecule has 20 heavy (non-hydrogen) atoms. The van der Waals surface area contributed by atoms with Crippen LogP contribution in [0.25, 0.3) is 5.65 Å². The molecule has 3 rings (SSSR count). The van der Waals surface area contributed by atoms with Gasteiger partial charge in [0.25, 0.3) is 5.91 Å². The Morgan fingerprint density at radius 2 is 1.95 bits per heavy atom. The summed E-state index contributed by atoms with van der Waals surface area (Å²) < 4.78 is 14.4. The van der Waals surface area contributed by atoms with Gasteiger partial charge in [-0.25, -0.2) is 13.9 Å². The number of hydrogen-bond acceptors (Lipinski definition) is 3. The fraction of sp³-hybridized carbons (Fsp3) is 0.0714. The average molecular weight is 270 g/mol. The van der Waals surface area contributed by atoms with Crippen molar-refractivity contribution in [1.82, 2.24) is 14.6 Å². The zero-order chi connectivity index (χ0) is 14.1. The Balaban J connectivity index is 1.84. The van der Waals surface area contributed by atoms with Gasteiger partial charge < -0.3 is 5.32 Å². The van der Waals surface area contributed by atoms with Crippen LogP contribution in [0.5, 0.6) is 0 Å². The molecular formula is C14H11FN4O. The first-order chi connectivity index (χ1) is 9.61. The van der Waals surface area contributed by atoms with E-state index < -0.39 is 0 Å². The minimum Gasteiger partial charge on any atom is -0.305 e. The van der Waals surface area contributed by atoms with Crippen molar-refractivity contribution in [1.29, 1.82) is 0 Å². The Kier molecular flexibility index (Phi) is 2.90. The molecule has 0 aliphatic rings. The molecule has 0 aliphatic carbocycles. The molecular weight excluding hydrogens is 259 g/mol. The molecule has 0 fully saturated rings. The summed E-state index contributed by atoms with van der Waals surface area (Å²) in [5.41, 5.74) is 1.93. The Morgan fingerprint density at radius 3 is 2.70 bits per heavy atom. The van der Waals surface area contributed by atoms with Crippen molar-refractivity contribution in [3.05, 3.63) is 59.7 Å². The van der Waals surface area contributed by atoms with E-state index in [1.807, 2.05) is 6.92 Å². The van der Waals surface area contributed by atoms with Gasteiger partial charge in [-0.2, -0.15) is 0 Å². The van der Waals surface area contributed by atoms with Crippen molar-refractivity contribution < 1.29 is 9.18 Å². The summed E-state index contributed by atoms with van der Waals surface area (Å²) in [5, 5.41) is 6.89. The van der Waals surface area contributed by atoms with E-state index in [9.17, 15) is 9.18 Å². The van der Waals surface area contributed by atoms with Crippen LogP contribution in [-0.2, 0) is 0 Å². The molecule has 2 heterocycles. The number of fused-ring (bicyclic) bond motifs is 1. The number of aryl methyl sites for hydroxylation is 1. The number of hydrogen-bond donors (Lipinski definition) is 1. The monoisotopic (exact) mass is 270 g/mol. The van der Waals surface area contributed by atoms with Crippen LogP contribution in [0.4, 0.5) is 10.2 Å². The first-order valence-corrected chi connectivity index (χ1v) is 6.02. The number of nitrogens with zero attached hydrogens (tertiary/aromatic N) is 3. The molecule has 0 unspecified atom stereocenters. The second kappa shape index (κ2) is 4.73. The van der Waals surface area contributed by atoms with Crippen LogP contribution in [-0.4, -0.2) is 20.5 Å². The van der Waals surface area contributed by atoms with E-state index in [4.69, 9.17) is 0 Å². The number of anilines is 1. The van der Waals surface area contributed by atoms with E-state index in [1.165, 1.54) is 24.3 Å². The molecule has 1 amide bonds. The summed E-state index contributed by atoms with van der Waals surface area (Å²) in [5.74, 6) is -0.312. The summed E-state index contributed by atoms with van der Waals surface area (Å²) in [4.78, 5) is 16.2. The zero-order valence-corrected chi connectivity index (χ0v) is 10.7. The Hall–Kier alpha value is -2.76. The molecule has 2 aromatic heterocycles. The van der Waals surface area contributed by atoms with E-state index in [0.29, 0.717) is 17.0 Å². The van der Waals surface area contributed by atoms with Crippen LogP contribution < -0.4 is 5.32 Å². The van der Waals surface area contributed by atoms with Gasteiger partial charge in [0.05, 0.1) is 11.9 Å². The van der Waals surface area contributed by atoms with Gasteiger partial charge in [0.1, 0.15) is 5.82 Å². The van der Waals surface area contributed by atoms with Crippen LogP contribution in [0.15, 0.2) is 42.6 Å². The van der Waals surface area contributed by atoms with Crippen molar-refractivity contribution in [3.63, 3.8) is 0 Å². The second-order valence-electron chi connectivity index (χ2n) is 4.36. The van der Waals surface area contributed by atoms with Gasteiger partial charge in [0.15, 0.2) is 11.5 Å². The molecule has 0 saturated carbocycles. The van der Waals surface area contributed by atoms with Gasteiger partial charge in [-0.1, -0.05) is 0 Å². The summed E-state index contributed by atoms with van der Waals surface area (Å²) in [6, 6.07) is 8.76. The largest absolute Gasteiger partial charge is 0.305 e. The number of carbonyl (C=O) groups excluding carboxylic acids is 1. The Labute approximate surface area is 114 Å². The number of benzene rings is 1. The van der Waals surface area contributed by atoms with Crippen LogP contribution >= 0.6 is 0 Å². The van der Waals surface area contributed by atoms with Crippen molar-refractivity contribution in [3.8, 4) is 0 Å². The molecule has 0 spiro atoms. The third kappa shape index (κ3) is 2.35. The summed E-state index contributed by atoms with van der Waals surface area (Å²) in [6.45, 7) is 1.87. The van der Waals surface area contributed by atoms with Crippen molar-refractivity contribution in [2.24, 2.45) is 0 Å². The number of carbonyl (C=O) groups is 1. The predicted octanol–water partition coefficient (Wildman–Crippen LogP) is 2.43. The maximum Gasteiger partial charge on any atom is 0.256 e. The van der Waals surface area contributed by atoms with E-state index >= 15 is 0 Å². The molecule has 5 nitrogen and oxygen atoms in total. The van der Waals surface area contributed by atoms with Gasteiger partial charge in [-0.3, -0.25) is 4.79 Å². The fourth-order valence-electron chi connectivity index (χ4n) is 1.86. The van der Waals surface area contributed by atoms with E-state index in [1.54, 1.807) is 22.8 Å². The Bertz CT molecular complexity index is 779. The number of imidazole rings is 1. The second-order valence-corrected chi connectivity index (χ2v) is 4.36. The smallest absolute Gasteiger partial charge is 0.256 e. The lowest BCUT2D eigenvalue weighted by Gasteiger charge is -2.04. The molecule has 3 aromatic rings. The molecule has 1 N–H and O–H groups in total. The normalized spacial score (nSPS) is 10.7. The van der Waals surface area contributed by atoms with Crippen LogP contribution in [0.3, 0.4) is 0 Å². The van der Waals surface area contributed by atoms with Crippen LogP contribution in [0.1, 0.15) is 16.1 Å². The highest BCUT2D eigenvalue weighted by atomic mass is 19.1. The van der Waals surface area contributed by atoms with Crippen molar-refractivity contribution in [2.45, 2.75) is 6.92 Å². The minimum absolute atomic E-state index is 0.339. The predicted molar refractivity (Wildman–Crippen MR) is 72.1 cm³/mol. The lowest BCUT2D eigenvalue weighted by Crippen LogP contribution is -2.13. The third-order valence-corrected chi connectivity index (χ3v) is 2.79. The van der Waals surface area contributed by atoms with Crippen molar-refractivity contribution in [2.75, 3.05) is 5.32 Å². The standard InChI is InChI=1S/C14H11FN4O/c1-9-8-19-13(16-9)7-6-12(18-19)17-14(20)10-2-4-11(15)5-3-10/h2-8H,1H3,(H,17,18,20). The van der Waals surface area contributed by atoms with E-state index in [0.717, 1.165) is 5.69 Å². The summed E-state index contributed by atoms with van der Waals surface area (Å²) in [7, 11) is 0. The fourth-order valence-corrected chi connectivity index (χ4v) is 1.86. The molecule has 0 aliphatic heterocycles. The first-order valence-electron chi connectivity index (χ1n) is 6.02. The molecule has 0 saturated heterocycles. The van der Waals surface area contributed by atoms with Gasteiger partial charge in [0.2, 0.25) is 0 Å². The molecule has 0 radical (unpaired) electrons. The third-order valence-electron chi connectivity index (χ3n) is 2.79. The average Bonchev–Trinajstić information content (AvgIpc) is 2.78. The Morgan fingerprint density at radius 1 is 1.20 bits per heavy atom. The molecule has 6 heteroatoms. The first kappa shape index (κ1) is 12.3. The SMILES string of the molecule is Cc1cn2nc(NC(=O)c3ccc(F)cc3)ccc2n1. The highest BCUT2D eigenvalue weighted by molar-refractivity contribution is 6.03. The van der Waals surface area contributed by atoms with Crippen LogP contribution in [0, 0.1) is 12.7 Å². The van der Waals surface area contributed by atoms with Crippen molar-refractivity contribution >= 4 is 17.4 Å². The molecule has 0 atom stereocenters. The minimum atomic E-state index is -0.380. The number of rotatable bonds is 2. The van der Waals surface area contributed by atoms with Crippen LogP contribution in [0.2, 0.25) is 0 Å². The highest BCUT2D eigenvalue weighted by Gasteiger charge is 2.08. The summed E-state index contributed by atoms with van der Waals surface area (Å²) >= 11 is 0. The quantitative estimate of drug-likeness (QED) is 0.778. The topological polar surface area (TPSA) is 59.3 Å². The molecule has 0 bridgehead atoms. The van der Waals surface area contributed by atoms with Gasteiger partial charge >= 0.3 is 0 Å². The van der Waals surface area contributed by atoms with E-state index in [2.05, 4.69) is 15.4 Å². The number of halogens is 1. The number of aromatic nitrogens is 3. The lowest BCUT2D eigenvalue weighted by atomic mass is 10.2. The summed E-state index contributed by atoms with van der Waals surface area (Å²) in [6.07, 6.45) is 1.77. The van der Waals surface area contributed by atoms with Gasteiger partial charge in [-0.15, -0.1) is 5.10 Å².